The fourth-order valence-electron chi connectivity index (χ4n) is 1.57. The number of nitrogen functional groups attached to an aromatic ring is 1. The van der Waals surface area contributed by atoms with Crippen LogP contribution in [-0.2, 0) is 0 Å². The summed E-state index contributed by atoms with van der Waals surface area (Å²) in [6, 6.07) is 2.78. The highest BCUT2D eigenvalue weighted by Crippen LogP contribution is 2.29. The maximum atomic E-state index is 13.5. The highest BCUT2D eigenvalue weighted by molar-refractivity contribution is 6.00. The minimum atomic E-state index is -1.30. The van der Waals surface area contributed by atoms with E-state index in [4.69, 9.17) is 10.8 Å². The zero-order chi connectivity index (χ0) is 12.6. The smallest absolute Gasteiger partial charge is 0.340 e. The molecule has 0 saturated heterocycles. The fraction of sp³-hybridized carbons (Fsp3) is 0. The first kappa shape index (κ1) is 11.1. The summed E-state index contributed by atoms with van der Waals surface area (Å²) in [6.07, 6.45) is 1.23. The van der Waals surface area contributed by atoms with Crippen LogP contribution in [0.3, 0.4) is 0 Å². The fourth-order valence-corrected chi connectivity index (χ4v) is 1.57. The number of aromatic nitrogens is 1. The van der Waals surface area contributed by atoms with E-state index in [1.54, 1.807) is 0 Å². The van der Waals surface area contributed by atoms with Crippen molar-refractivity contribution >= 4 is 11.7 Å². The zero-order valence-corrected chi connectivity index (χ0v) is 8.50. The van der Waals surface area contributed by atoms with Crippen LogP contribution < -0.4 is 5.73 Å². The summed E-state index contributed by atoms with van der Waals surface area (Å²) >= 11 is 0. The Morgan fingerprint density at radius 1 is 1.35 bits per heavy atom. The Bertz CT molecular complexity index is 593. The van der Waals surface area contributed by atoms with E-state index in [0.29, 0.717) is 0 Å². The topological polar surface area (TPSA) is 79.1 Å². The van der Waals surface area contributed by atoms with Crippen molar-refractivity contribution in [1.82, 2.24) is 4.98 Å². The van der Waals surface area contributed by atoms with Crippen LogP contribution in [0.5, 0.6) is 0 Å². The molecule has 0 aliphatic heterocycles. The highest BCUT2D eigenvalue weighted by atomic mass is 19.1. The molecule has 0 aliphatic rings. The monoisotopic (exact) mass is 238 g/mol. The number of hydrogen-bond donors (Lipinski definition) is 3. The molecular formula is C11H8F2N2O2. The normalized spacial score (nSPS) is 10.5. The van der Waals surface area contributed by atoms with Crippen LogP contribution in [0.4, 0.5) is 14.5 Å². The maximum absolute atomic E-state index is 13.5. The van der Waals surface area contributed by atoms with Crippen molar-refractivity contribution in [2.75, 3.05) is 5.73 Å². The Kier molecular flexibility index (Phi) is 2.55. The quantitative estimate of drug-likeness (QED) is 0.750. The SMILES string of the molecule is Nc1c[nH]c(-c2cc(F)ccc2F)c1C(=O)O. The van der Waals surface area contributed by atoms with E-state index >= 15 is 0 Å². The molecule has 0 spiro atoms. The summed E-state index contributed by atoms with van der Waals surface area (Å²) in [7, 11) is 0. The third-order valence-electron chi connectivity index (χ3n) is 2.32. The van der Waals surface area contributed by atoms with Crippen LogP contribution in [0.15, 0.2) is 24.4 Å². The average Bonchev–Trinajstić information content (AvgIpc) is 2.64. The molecule has 88 valence electrons. The number of aromatic carboxylic acids is 1. The molecule has 17 heavy (non-hydrogen) atoms. The van der Waals surface area contributed by atoms with Crippen LogP contribution in [0.25, 0.3) is 11.3 Å². The Morgan fingerprint density at radius 3 is 2.71 bits per heavy atom. The molecule has 1 aromatic carbocycles. The number of rotatable bonds is 2. The third kappa shape index (κ3) is 1.84. The second-order valence-corrected chi connectivity index (χ2v) is 3.42. The number of aromatic amines is 1. The van der Waals surface area contributed by atoms with E-state index in [1.165, 1.54) is 6.20 Å². The molecule has 1 heterocycles. The lowest BCUT2D eigenvalue weighted by molar-refractivity contribution is 0.0699. The Morgan fingerprint density at radius 2 is 2.06 bits per heavy atom. The van der Waals surface area contributed by atoms with E-state index in [0.717, 1.165) is 18.2 Å². The van der Waals surface area contributed by atoms with Gasteiger partial charge in [0, 0.05) is 11.8 Å². The molecule has 1 aromatic heterocycles. The van der Waals surface area contributed by atoms with Gasteiger partial charge < -0.3 is 15.8 Å². The summed E-state index contributed by atoms with van der Waals surface area (Å²) in [4.78, 5) is 13.5. The number of carboxylic acid groups (broad SMARTS) is 1. The van der Waals surface area contributed by atoms with E-state index in [-0.39, 0.29) is 22.5 Å². The van der Waals surface area contributed by atoms with Gasteiger partial charge in [-0.1, -0.05) is 0 Å². The van der Waals surface area contributed by atoms with Crippen molar-refractivity contribution in [3.05, 3.63) is 41.6 Å². The molecule has 0 bridgehead atoms. The van der Waals surface area contributed by atoms with Crippen molar-refractivity contribution in [3.63, 3.8) is 0 Å². The lowest BCUT2D eigenvalue weighted by Gasteiger charge is -2.03. The van der Waals surface area contributed by atoms with Crippen molar-refractivity contribution < 1.29 is 18.7 Å². The zero-order valence-electron chi connectivity index (χ0n) is 8.50. The van der Waals surface area contributed by atoms with Gasteiger partial charge in [0.2, 0.25) is 0 Å². The summed E-state index contributed by atoms with van der Waals surface area (Å²) in [5.74, 6) is -2.69. The molecule has 0 aliphatic carbocycles. The second kappa shape index (κ2) is 3.89. The van der Waals surface area contributed by atoms with Gasteiger partial charge in [0.1, 0.15) is 17.2 Å². The van der Waals surface area contributed by atoms with Gasteiger partial charge >= 0.3 is 5.97 Å². The van der Waals surface area contributed by atoms with Crippen molar-refractivity contribution in [2.45, 2.75) is 0 Å². The molecular weight excluding hydrogens is 230 g/mol. The molecule has 0 radical (unpaired) electrons. The minimum Gasteiger partial charge on any atom is -0.478 e. The first-order chi connectivity index (χ1) is 8.00. The van der Waals surface area contributed by atoms with E-state index in [2.05, 4.69) is 4.98 Å². The number of nitrogens with one attached hydrogen (secondary N) is 1. The molecule has 0 fully saturated rings. The summed E-state index contributed by atoms with van der Waals surface area (Å²) < 4.78 is 26.5. The van der Waals surface area contributed by atoms with Gasteiger partial charge in [0.05, 0.1) is 11.4 Å². The number of hydrogen-bond acceptors (Lipinski definition) is 2. The number of H-pyrrole nitrogens is 1. The van der Waals surface area contributed by atoms with Crippen LogP contribution in [-0.4, -0.2) is 16.1 Å². The number of halogens is 2. The predicted octanol–water partition coefficient (Wildman–Crippen LogP) is 2.24. The minimum absolute atomic E-state index is 0.0313. The Hall–Kier alpha value is -2.37. The summed E-state index contributed by atoms with van der Waals surface area (Å²) in [5, 5.41) is 8.94. The maximum Gasteiger partial charge on any atom is 0.340 e. The van der Waals surface area contributed by atoms with Crippen molar-refractivity contribution in [3.8, 4) is 11.3 Å². The number of carbonyl (C=O) groups is 1. The molecule has 6 heteroatoms. The number of anilines is 1. The van der Waals surface area contributed by atoms with Gasteiger partial charge in [0.15, 0.2) is 0 Å². The number of carboxylic acids is 1. The van der Waals surface area contributed by atoms with Gasteiger partial charge in [-0.15, -0.1) is 0 Å². The lowest BCUT2D eigenvalue weighted by atomic mass is 10.1. The average molecular weight is 238 g/mol. The number of benzene rings is 1. The van der Waals surface area contributed by atoms with Gasteiger partial charge in [-0.3, -0.25) is 0 Å². The van der Waals surface area contributed by atoms with Crippen LogP contribution in [0, 0.1) is 11.6 Å². The molecule has 0 atom stereocenters. The lowest BCUT2D eigenvalue weighted by Crippen LogP contribution is -2.02. The molecule has 0 saturated carbocycles. The van der Waals surface area contributed by atoms with E-state index < -0.39 is 17.6 Å². The van der Waals surface area contributed by atoms with Gasteiger partial charge in [0.25, 0.3) is 0 Å². The first-order valence-corrected chi connectivity index (χ1v) is 4.66. The molecule has 4 N–H and O–H groups in total. The van der Waals surface area contributed by atoms with Crippen LogP contribution >= 0.6 is 0 Å². The van der Waals surface area contributed by atoms with Gasteiger partial charge in [-0.25, -0.2) is 13.6 Å². The number of nitrogens with two attached hydrogens (primary N) is 1. The van der Waals surface area contributed by atoms with Crippen molar-refractivity contribution in [2.24, 2.45) is 0 Å². The summed E-state index contributed by atoms with van der Waals surface area (Å²) in [6.45, 7) is 0. The van der Waals surface area contributed by atoms with Gasteiger partial charge in [-0.2, -0.15) is 0 Å². The predicted molar refractivity (Wildman–Crippen MR) is 57.5 cm³/mol. The summed E-state index contributed by atoms with van der Waals surface area (Å²) in [5.41, 5.74) is 4.92. The molecule has 2 rings (SSSR count). The van der Waals surface area contributed by atoms with Crippen LogP contribution in [0.1, 0.15) is 10.4 Å². The molecule has 2 aromatic rings. The first-order valence-electron chi connectivity index (χ1n) is 4.66. The largest absolute Gasteiger partial charge is 0.478 e. The molecule has 4 nitrogen and oxygen atoms in total. The van der Waals surface area contributed by atoms with Gasteiger partial charge in [-0.05, 0) is 18.2 Å². The Labute approximate surface area is 94.7 Å². The van der Waals surface area contributed by atoms with E-state index in [1.807, 2.05) is 0 Å². The molecule has 0 unspecified atom stereocenters. The van der Waals surface area contributed by atoms with Crippen molar-refractivity contribution in [1.29, 1.82) is 0 Å². The van der Waals surface area contributed by atoms with Crippen LogP contribution in [0.2, 0.25) is 0 Å². The standard InChI is InChI=1S/C11H8F2N2O2/c12-5-1-2-7(13)6(3-5)10-9(11(16)17)8(14)4-15-10/h1-4,15H,14H2,(H,16,17). The van der Waals surface area contributed by atoms with E-state index in [9.17, 15) is 13.6 Å². The molecule has 0 amide bonds. The third-order valence-corrected chi connectivity index (χ3v) is 2.32. The second-order valence-electron chi connectivity index (χ2n) is 3.42. The Balaban J connectivity index is 2.68. The highest BCUT2D eigenvalue weighted by Gasteiger charge is 2.20.